The molecule has 0 radical (unpaired) electrons. The number of halogens is 5. The Morgan fingerprint density at radius 2 is 2.07 bits per heavy atom. The third-order valence-electron chi connectivity index (χ3n) is 7.26. The molecule has 5 rings (SSSR count). The predicted octanol–water partition coefficient (Wildman–Crippen LogP) is 3.00. The Morgan fingerprint density at radius 3 is 2.70 bits per heavy atom. The largest absolute Gasteiger partial charge is 0.755 e. The summed E-state index contributed by atoms with van der Waals surface area (Å²) in [7, 11) is 1.03. The van der Waals surface area contributed by atoms with Gasteiger partial charge in [0, 0.05) is 48.8 Å². The molecular weight excluding hydrogens is 639 g/mol. The number of thiazole rings is 1. The number of anilines is 3. The van der Waals surface area contributed by atoms with Gasteiger partial charge in [0.1, 0.15) is 28.7 Å². The zero-order valence-electron chi connectivity index (χ0n) is 22.8. The lowest BCUT2D eigenvalue weighted by molar-refractivity contribution is -0.274. The molecule has 0 aliphatic carbocycles. The molecule has 1 amide bonds. The standard InChI is InChI=1S/C25H25F5N6O6S2/c1-41-22(38)17(9-14-8-13-2-5-32-20(31)15(13)10-18(14)42-25(28,29)30)35-6-3-16(21(35)37)36(44(39)40)19-11-33-23(43-19)34-7-4-24(26,27)12-34/h2,5,8,10-11,16-17H,3-4,6-7,9,12H2,1H3,(H2,31,32)(H,39,40)/p-1/t16-,17+/m0/s1. The highest BCUT2D eigenvalue weighted by molar-refractivity contribution is 7.81. The highest BCUT2D eigenvalue weighted by Gasteiger charge is 2.45. The third-order valence-corrected chi connectivity index (χ3v) is 9.20. The maximum atomic E-state index is 13.7. The van der Waals surface area contributed by atoms with E-state index in [0.29, 0.717) is 5.39 Å². The van der Waals surface area contributed by atoms with E-state index in [1.807, 2.05) is 0 Å². The van der Waals surface area contributed by atoms with E-state index in [4.69, 9.17) is 10.5 Å². The molecule has 1 unspecified atom stereocenters. The Bertz CT molecular complexity index is 1610. The number of carbonyl (C=O) groups excluding carboxylic acids is 2. The van der Waals surface area contributed by atoms with E-state index in [9.17, 15) is 40.3 Å². The first-order valence-electron chi connectivity index (χ1n) is 13.0. The van der Waals surface area contributed by atoms with Crippen molar-refractivity contribution in [1.82, 2.24) is 14.9 Å². The van der Waals surface area contributed by atoms with Gasteiger partial charge in [-0.3, -0.25) is 13.3 Å². The van der Waals surface area contributed by atoms with Crippen molar-refractivity contribution in [3.8, 4) is 5.75 Å². The number of esters is 1. The second-order valence-electron chi connectivity index (χ2n) is 10.1. The number of likely N-dealkylation sites (tertiary alicyclic amines) is 1. The smallest absolute Gasteiger partial charge is 0.573 e. The van der Waals surface area contributed by atoms with Gasteiger partial charge in [-0.25, -0.2) is 23.5 Å². The van der Waals surface area contributed by atoms with E-state index in [0.717, 1.165) is 39.9 Å². The van der Waals surface area contributed by atoms with Crippen LogP contribution in [0.1, 0.15) is 18.4 Å². The molecule has 2 saturated heterocycles. The molecule has 0 spiro atoms. The summed E-state index contributed by atoms with van der Waals surface area (Å²) < 4.78 is 102. The number of amides is 1. The summed E-state index contributed by atoms with van der Waals surface area (Å²) in [5.41, 5.74) is 5.72. The second kappa shape index (κ2) is 11.9. The number of ether oxygens (including phenoxy) is 2. The highest BCUT2D eigenvalue weighted by Crippen LogP contribution is 2.39. The first-order valence-corrected chi connectivity index (χ1v) is 14.8. The Balaban J connectivity index is 1.44. The summed E-state index contributed by atoms with van der Waals surface area (Å²) in [5, 5.41) is 0.685. The van der Waals surface area contributed by atoms with E-state index in [-0.39, 0.29) is 52.8 Å². The number of nitrogen functional groups attached to an aromatic ring is 1. The first-order chi connectivity index (χ1) is 20.7. The van der Waals surface area contributed by atoms with E-state index < -0.39 is 66.2 Å². The quantitative estimate of drug-likeness (QED) is 0.205. The number of rotatable bonds is 9. The van der Waals surface area contributed by atoms with Crippen LogP contribution in [-0.2, 0) is 32.0 Å². The van der Waals surface area contributed by atoms with Crippen molar-refractivity contribution < 1.29 is 49.8 Å². The van der Waals surface area contributed by atoms with Crippen molar-refractivity contribution in [2.75, 3.05) is 41.7 Å². The van der Waals surface area contributed by atoms with Gasteiger partial charge in [-0.1, -0.05) is 11.3 Å². The minimum atomic E-state index is -5.11. The fourth-order valence-electron chi connectivity index (χ4n) is 5.26. The molecule has 4 heterocycles. The number of nitrogens with zero attached hydrogens (tertiary/aromatic N) is 5. The third kappa shape index (κ3) is 6.48. The van der Waals surface area contributed by atoms with Crippen LogP contribution in [-0.4, -0.2) is 86.6 Å². The molecule has 3 atom stereocenters. The van der Waals surface area contributed by atoms with Crippen LogP contribution < -0.4 is 19.7 Å². The number of benzene rings is 1. The monoisotopic (exact) mass is 663 g/mol. The van der Waals surface area contributed by atoms with Crippen LogP contribution in [0.2, 0.25) is 0 Å². The summed E-state index contributed by atoms with van der Waals surface area (Å²) in [5.74, 6) is -5.43. The Kier molecular flexibility index (Phi) is 8.56. The molecular formula is C25H24F5N6O6S2-. The summed E-state index contributed by atoms with van der Waals surface area (Å²) in [6.45, 7) is -0.731. The molecule has 2 aliphatic heterocycles. The lowest BCUT2D eigenvalue weighted by atomic mass is 10.00. The molecule has 19 heteroatoms. The topological polar surface area (TPSA) is 154 Å². The van der Waals surface area contributed by atoms with Crippen molar-refractivity contribution in [2.45, 2.75) is 43.6 Å². The molecule has 12 nitrogen and oxygen atoms in total. The van der Waals surface area contributed by atoms with E-state index >= 15 is 0 Å². The lowest BCUT2D eigenvalue weighted by Crippen LogP contribution is -2.49. The average molecular weight is 664 g/mol. The number of fused-ring (bicyclic) bond motifs is 1. The van der Waals surface area contributed by atoms with Gasteiger partial charge in [-0.2, -0.15) is 0 Å². The highest BCUT2D eigenvalue weighted by atomic mass is 32.2. The molecule has 44 heavy (non-hydrogen) atoms. The van der Waals surface area contributed by atoms with Crippen molar-refractivity contribution in [2.24, 2.45) is 0 Å². The van der Waals surface area contributed by atoms with Crippen LogP contribution in [0.5, 0.6) is 5.75 Å². The number of carbonyl (C=O) groups is 2. The Labute approximate surface area is 252 Å². The number of nitrogens with two attached hydrogens (primary N) is 1. The molecule has 238 valence electrons. The predicted molar refractivity (Wildman–Crippen MR) is 148 cm³/mol. The number of methoxy groups -OCH3 is 1. The van der Waals surface area contributed by atoms with Crippen LogP contribution >= 0.6 is 11.3 Å². The Morgan fingerprint density at radius 1 is 1.32 bits per heavy atom. The maximum absolute atomic E-state index is 13.7. The van der Waals surface area contributed by atoms with Crippen molar-refractivity contribution >= 4 is 61.2 Å². The maximum Gasteiger partial charge on any atom is 0.573 e. The van der Waals surface area contributed by atoms with Crippen LogP contribution in [0.4, 0.5) is 37.9 Å². The van der Waals surface area contributed by atoms with E-state index in [2.05, 4.69) is 14.7 Å². The molecule has 3 aromatic rings. The number of hydrogen-bond acceptors (Lipinski definition) is 11. The summed E-state index contributed by atoms with van der Waals surface area (Å²) >= 11 is -2.22. The van der Waals surface area contributed by atoms with Gasteiger partial charge in [-0.05, 0) is 35.6 Å². The summed E-state index contributed by atoms with van der Waals surface area (Å²) in [4.78, 5) is 36.8. The van der Waals surface area contributed by atoms with Gasteiger partial charge in [0.05, 0.1) is 19.9 Å². The van der Waals surface area contributed by atoms with Gasteiger partial charge in [-0.15, -0.1) is 13.2 Å². The number of aromatic nitrogens is 2. The normalized spacial score (nSPS) is 19.8. The van der Waals surface area contributed by atoms with Gasteiger partial charge in [0.25, 0.3) is 5.92 Å². The minimum Gasteiger partial charge on any atom is -0.755 e. The minimum absolute atomic E-state index is 0.00921. The van der Waals surface area contributed by atoms with Gasteiger partial charge in [0.15, 0.2) is 5.13 Å². The van der Waals surface area contributed by atoms with E-state index in [1.165, 1.54) is 23.2 Å². The SMILES string of the molecule is COC(=O)[C@@H](Cc1cc2ccnc(N)c2cc1OC(F)(F)F)N1CC[C@H](N(c2cnc(N3CCC(F)(F)C3)s2)S(=O)[O-])C1=O. The number of alkyl halides is 5. The van der Waals surface area contributed by atoms with Gasteiger partial charge < -0.3 is 29.6 Å². The molecule has 0 saturated carbocycles. The van der Waals surface area contributed by atoms with Crippen LogP contribution in [0.15, 0.2) is 30.6 Å². The molecule has 2 aromatic heterocycles. The summed E-state index contributed by atoms with van der Waals surface area (Å²) in [6.07, 6.45) is -3.58. The van der Waals surface area contributed by atoms with Crippen LogP contribution in [0.3, 0.4) is 0 Å². The fraction of sp³-hybridized carbons (Fsp3) is 0.440. The zero-order chi connectivity index (χ0) is 32.0. The van der Waals surface area contributed by atoms with Crippen LogP contribution in [0, 0.1) is 0 Å². The van der Waals surface area contributed by atoms with Gasteiger partial charge >= 0.3 is 12.3 Å². The molecule has 2 aliphatic rings. The van der Waals surface area contributed by atoms with Crippen LogP contribution in [0.25, 0.3) is 10.8 Å². The van der Waals surface area contributed by atoms with Crippen molar-refractivity contribution in [3.05, 3.63) is 36.2 Å². The summed E-state index contributed by atoms with van der Waals surface area (Å²) in [6, 6.07) is 1.04. The molecule has 2 fully saturated rings. The lowest BCUT2D eigenvalue weighted by Gasteiger charge is -2.31. The fourth-order valence-corrected chi connectivity index (χ4v) is 7.06. The van der Waals surface area contributed by atoms with Crippen molar-refractivity contribution in [1.29, 1.82) is 0 Å². The second-order valence-corrected chi connectivity index (χ2v) is 11.9. The van der Waals surface area contributed by atoms with Gasteiger partial charge in [0.2, 0.25) is 5.91 Å². The number of hydrogen-bond donors (Lipinski definition) is 1. The number of pyridine rings is 1. The van der Waals surface area contributed by atoms with Crippen molar-refractivity contribution in [3.63, 3.8) is 0 Å². The molecule has 0 bridgehead atoms. The van der Waals surface area contributed by atoms with E-state index in [1.54, 1.807) is 0 Å². The molecule has 1 aromatic carbocycles. The average Bonchev–Trinajstić information content (AvgIpc) is 3.66. The zero-order valence-corrected chi connectivity index (χ0v) is 24.4. The Hall–Kier alpha value is -3.84. The first kappa shape index (κ1) is 31.6. The molecule has 2 N–H and O–H groups in total.